The molecule has 4 nitrogen and oxygen atoms in total. The van der Waals surface area contributed by atoms with Crippen LogP contribution in [0, 0.1) is 11.3 Å². The number of hydrogen-bond donors (Lipinski definition) is 1. The summed E-state index contributed by atoms with van der Waals surface area (Å²) in [5, 5.41) is 12.5. The van der Waals surface area contributed by atoms with Gasteiger partial charge in [-0.1, -0.05) is 6.92 Å². The summed E-state index contributed by atoms with van der Waals surface area (Å²) in [5.41, 5.74) is 1.51. The molecule has 0 spiro atoms. The van der Waals surface area contributed by atoms with Crippen LogP contribution in [0.4, 0.5) is 5.69 Å². The summed E-state index contributed by atoms with van der Waals surface area (Å²) in [4.78, 5) is 6.47. The van der Waals surface area contributed by atoms with Crippen molar-refractivity contribution in [1.82, 2.24) is 10.3 Å². The third-order valence-electron chi connectivity index (χ3n) is 3.14. The zero-order valence-electron chi connectivity index (χ0n) is 10.2. The lowest BCUT2D eigenvalue weighted by Gasteiger charge is -2.30. The monoisotopic (exact) mass is 230 g/mol. The molecule has 1 atom stereocenters. The Morgan fingerprint density at radius 2 is 2.53 bits per heavy atom. The van der Waals surface area contributed by atoms with Crippen LogP contribution in [-0.2, 0) is 0 Å². The Hall–Kier alpha value is -1.60. The number of nitrogens with one attached hydrogen (secondary N) is 1. The average Bonchev–Trinajstić information content (AvgIpc) is 2.89. The highest BCUT2D eigenvalue weighted by Gasteiger charge is 2.23. The minimum atomic E-state index is 0.492. The van der Waals surface area contributed by atoms with E-state index in [1.165, 1.54) is 0 Å². The van der Waals surface area contributed by atoms with E-state index in [-0.39, 0.29) is 0 Å². The van der Waals surface area contributed by atoms with Crippen molar-refractivity contribution in [3.63, 3.8) is 0 Å². The first-order valence-electron chi connectivity index (χ1n) is 6.19. The van der Waals surface area contributed by atoms with Gasteiger partial charge in [-0.25, -0.2) is 4.98 Å². The predicted octanol–water partition coefficient (Wildman–Crippen LogP) is 1.53. The number of anilines is 1. The van der Waals surface area contributed by atoms with Crippen LogP contribution < -0.4 is 10.2 Å². The molecule has 0 aliphatic carbocycles. The van der Waals surface area contributed by atoms with Crippen LogP contribution >= 0.6 is 0 Å². The van der Waals surface area contributed by atoms with E-state index < -0.39 is 0 Å². The lowest BCUT2D eigenvalue weighted by molar-refractivity contribution is 0.623. The Morgan fingerprint density at radius 1 is 1.65 bits per heavy atom. The average molecular weight is 230 g/mol. The standard InChI is InChI=1S/C13H18N4/c1-2-8-17(11-5-7-15-10-11)13-4-3-6-16-12(13)9-14/h3-4,6,11,15H,2,5,7-8,10H2,1H3. The van der Waals surface area contributed by atoms with Gasteiger partial charge >= 0.3 is 0 Å². The molecule has 17 heavy (non-hydrogen) atoms. The third-order valence-corrected chi connectivity index (χ3v) is 3.14. The summed E-state index contributed by atoms with van der Waals surface area (Å²) >= 11 is 0. The van der Waals surface area contributed by atoms with Crippen molar-refractivity contribution in [2.75, 3.05) is 24.5 Å². The van der Waals surface area contributed by atoms with E-state index >= 15 is 0 Å². The fourth-order valence-electron chi connectivity index (χ4n) is 2.36. The SMILES string of the molecule is CCCN(c1cccnc1C#N)C1CCNC1. The first-order chi connectivity index (χ1) is 8.36. The second-order valence-electron chi connectivity index (χ2n) is 4.32. The predicted molar refractivity (Wildman–Crippen MR) is 67.9 cm³/mol. The van der Waals surface area contributed by atoms with Gasteiger partial charge in [0.2, 0.25) is 0 Å². The first kappa shape index (κ1) is 11.9. The molecule has 90 valence electrons. The maximum Gasteiger partial charge on any atom is 0.163 e. The molecule has 0 saturated carbocycles. The maximum atomic E-state index is 9.12. The molecule has 1 fully saturated rings. The molecular weight excluding hydrogens is 212 g/mol. The molecule has 1 aromatic heterocycles. The fraction of sp³-hybridized carbons (Fsp3) is 0.538. The second kappa shape index (κ2) is 5.65. The molecule has 1 N–H and O–H groups in total. The number of nitriles is 1. The van der Waals surface area contributed by atoms with Gasteiger partial charge in [-0.2, -0.15) is 5.26 Å². The fourth-order valence-corrected chi connectivity index (χ4v) is 2.36. The van der Waals surface area contributed by atoms with E-state index in [1.807, 2.05) is 12.1 Å². The van der Waals surface area contributed by atoms with Gasteiger partial charge in [0.05, 0.1) is 5.69 Å². The Labute approximate surface area is 102 Å². The lowest BCUT2D eigenvalue weighted by atomic mass is 10.1. The molecular formula is C13H18N4. The quantitative estimate of drug-likeness (QED) is 0.852. The van der Waals surface area contributed by atoms with E-state index in [0.29, 0.717) is 11.7 Å². The summed E-state index contributed by atoms with van der Waals surface area (Å²) < 4.78 is 0. The molecule has 2 rings (SSSR count). The number of rotatable bonds is 4. The highest BCUT2D eigenvalue weighted by Crippen LogP contribution is 2.22. The molecule has 0 bridgehead atoms. The minimum Gasteiger partial charge on any atom is -0.365 e. The Morgan fingerprint density at radius 3 is 3.18 bits per heavy atom. The van der Waals surface area contributed by atoms with Crippen molar-refractivity contribution in [3.8, 4) is 6.07 Å². The molecule has 1 aliphatic rings. The molecule has 0 aromatic carbocycles. The van der Waals surface area contributed by atoms with E-state index in [0.717, 1.165) is 38.2 Å². The van der Waals surface area contributed by atoms with Crippen molar-refractivity contribution in [1.29, 1.82) is 5.26 Å². The van der Waals surface area contributed by atoms with Crippen LogP contribution in [-0.4, -0.2) is 30.7 Å². The minimum absolute atomic E-state index is 0.492. The maximum absolute atomic E-state index is 9.12. The Bertz CT molecular complexity index is 404. The number of nitrogens with zero attached hydrogens (tertiary/aromatic N) is 3. The van der Waals surface area contributed by atoms with Gasteiger partial charge in [0, 0.05) is 25.3 Å². The highest BCUT2D eigenvalue weighted by atomic mass is 15.2. The van der Waals surface area contributed by atoms with Crippen LogP contribution in [0.2, 0.25) is 0 Å². The molecule has 4 heteroatoms. The zero-order valence-corrected chi connectivity index (χ0v) is 10.2. The number of hydrogen-bond acceptors (Lipinski definition) is 4. The van der Waals surface area contributed by atoms with Crippen LogP contribution in [0.15, 0.2) is 18.3 Å². The van der Waals surface area contributed by atoms with Crippen LogP contribution in [0.3, 0.4) is 0 Å². The van der Waals surface area contributed by atoms with Gasteiger partial charge in [0.1, 0.15) is 6.07 Å². The number of aromatic nitrogens is 1. The van der Waals surface area contributed by atoms with Gasteiger partial charge in [-0.3, -0.25) is 0 Å². The zero-order chi connectivity index (χ0) is 12.1. The summed E-state index contributed by atoms with van der Waals surface area (Å²) in [6.07, 6.45) is 3.90. The van der Waals surface area contributed by atoms with Crippen molar-refractivity contribution >= 4 is 5.69 Å². The third kappa shape index (κ3) is 2.56. The van der Waals surface area contributed by atoms with Crippen molar-refractivity contribution in [2.24, 2.45) is 0 Å². The van der Waals surface area contributed by atoms with Gasteiger partial charge in [0.25, 0.3) is 0 Å². The Balaban J connectivity index is 2.28. The van der Waals surface area contributed by atoms with Crippen LogP contribution in [0.5, 0.6) is 0 Å². The molecule has 1 unspecified atom stereocenters. The Kier molecular flexibility index (Phi) is 3.94. The van der Waals surface area contributed by atoms with Gasteiger partial charge in [-0.15, -0.1) is 0 Å². The smallest absolute Gasteiger partial charge is 0.163 e. The first-order valence-corrected chi connectivity index (χ1v) is 6.19. The van der Waals surface area contributed by atoms with Crippen molar-refractivity contribution in [2.45, 2.75) is 25.8 Å². The normalized spacial score (nSPS) is 18.9. The van der Waals surface area contributed by atoms with Crippen molar-refractivity contribution in [3.05, 3.63) is 24.0 Å². The van der Waals surface area contributed by atoms with E-state index in [2.05, 4.69) is 28.2 Å². The van der Waals surface area contributed by atoms with Crippen molar-refractivity contribution < 1.29 is 0 Å². The van der Waals surface area contributed by atoms with Crippen LogP contribution in [0.25, 0.3) is 0 Å². The molecule has 1 aliphatic heterocycles. The molecule has 0 amide bonds. The largest absolute Gasteiger partial charge is 0.365 e. The summed E-state index contributed by atoms with van der Waals surface area (Å²) in [6, 6.07) is 6.58. The van der Waals surface area contributed by atoms with Gasteiger partial charge < -0.3 is 10.2 Å². The molecule has 2 heterocycles. The van der Waals surface area contributed by atoms with Crippen LogP contribution in [0.1, 0.15) is 25.5 Å². The van der Waals surface area contributed by atoms with Gasteiger partial charge in [-0.05, 0) is 31.5 Å². The van der Waals surface area contributed by atoms with E-state index in [9.17, 15) is 0 Å². The lowest BCUT2D eigenvalue weighted by Crippen LogP contribution is -2.38. The summed E-state index contributed by atoms with van der Waals surface area (Å²) in [6.45, 7) is 5.21. The second-order valence-corrected chi connectivity index (χ2v) is 4.32. The number of pyridine rings is 1. The topological polar surface area (TPSA) is 52.0 Å². The molecule has 1 aromatic rings. The van der Waals surface area contributed by atoms with Gasteiger partial charge in [0.15, 0.2) is 5.69 Å². The van der Waals surface area contributed by atoms with E-state index in [1.54, 1.807) is 6.20 Å². The highest BCUT2D eigenvalue weighted by molar-refractivity contribution is 5.56. The summed E-state index contributed by atoms with van der Waals surface area (Å²) in [7, 11) is 0. The molecule has 0 radical (unpaired) electrons. The summed E-state index contributed by atoms with van der Waals surface area (Å²) in [5.74, 6) is 0. The molecule has 1 saturated heterocycles. The van der Waals surface area contributed by atoms with E-state index in [4.69, 9.17) is 5.26 Å².